The lowest BCUT2D eigenvalue weighted by molar-refractivity contribution is 0.369. The molecule has 0 bridgehead atoms. The highest BCUT2D eigenvalue weighted by molar-refractivity contribution is 7.90. The largest absolute Gasteiger partial charge is 0.243 e. The second-order valence-corrected chi connectivity index (χ2v) is 8.45. The van der Waals surface area contributed by atoms with Crippen molar-refractivity contribution in [1.29, 1.82) is 0 Å². The monoisotopic (exact) mass is 305 g/mol. The van der Waals surface area contributed by atoms with Crippen LogP contribution in [0.25, 0.3) is 0 Å². The maximum absolute atomic E-state index is 12.3. The zero-order valence-corrected chi connectivity index (χ0v) is 13.1. The molecule has 0 aliphatic carbocycles. The lowest BCUT2D eigenvalue weighted by Crippen LogP contribution is -2.36. The summed E-state index contributed by atoms with van der Waals surface area (Å²) < 4.78 is 48.7. The molecule has 0 saturated heterocycles. The molecular formula is C12H19NO4S2. The van der Waals surface area contributed by atoms with Gasteiger partial charge in [-0.2, -0.15) is 4.31 Å². The van der Waals surface area contributed by atoms with Crippen LogP contribution in [0.15, 0.2) is 34.1 Å². The molecule has 0 unspecified atom stereocenters. The molecule has 108 valence electrons. The Kier molecular flexibility index (Phi) is 4.76. The summed E-state index contributed by atoms with van der Waals surface area (Å²) in [6.07, 6.45) is 1.09. The first-order valence-corrected chi connectivity index (χ1v) is 9.25. The SMILES string of the molecule is CCN(C(C)C)S(=O)(=O)c1ccc(S(C)(=O)=O)cc1. The highest BCUT2D eigenvalue weighted by atomic mass is 32.2. The molecule has 0 atom stereocenters. The van der Waals surface area contributed by atoms with Crippen LogP contribution in [-0.2, 0) is 19.9 Å². The summed E-state index contributed by atoms with van der Waals surface area (Å²) in [5, 5.41) is 0. The molecule has 0 saturated carbocycles. The van der Waals surface area contributed by atoms with Gasteiger partial charge in [0.05, 0.1) is 9.79 Å². The molecule has 0 N–H and O–H groups in total. The van der Waals surface area contributed by atoms with E-state index >= 15 is 0 Å². The smallest absolute Gasteiger partial charge is 0.224 e. The molecule has 0 aromatic heterocycles. The van der Waals surface area contributed by atoms with E-state index in [0.29, 0.717) is 6.54 Å². The minimum atomic E-state index is -3.57. The van der Waals surface area contributed by atoms with E-state index in [-0.39, 0.29) is 15.8 Å². The van der Waals surface area contributed by atoms with Gasteiger partial charge in [0.1, 0.15) is 0 Å². The Bertz CT molecular complexity index is 631. The molecule has 1 aromatic rings. The Morgan fingerprint density at radius 2 is 1.42 bits per heavy atom. The molecule has 1 rings (SSSR count). The summed E-state index contributed by atoms with van der Waals surface area (Å²) in [7, 11) is -6.89. The predicted molar refractivity (Wildman–Crippen MR) is 74.3 cm³/mol. The fourth-order valence-electron chi connectivity index (χ4n) is 1.81. The molecule has 0 radical (unpaired) electrons. The highest BCUT2D eigenvalue weighted by Crippen LogP contribution is 2.20. The van der Waals surface area contributed by atoms with Gasteiger partial charge in [-0.3, -0.25) is 0 Å². The van der Waals surface area contributed by atoms with Crippen LogP contribution in [0, 0.1) is 0 Å². The second kappa shape index (κ2) is 5.60. The quantitative estimate of drug-likeness (QED) is 0.826. The normalized spacial score (nSPS) is 13.2. The molecule has 0 amide bonds. The lowest BCUT2D eigenvalue weighted by Gasteiger charge is -2.24. The molecular weight excluding hydrogens is 286 g/mol. The highest BCUT2D eigenvalue weighted by Gasteiger charge is 2.25. The molecule has 1 aromatic carbocycles. The van der Waals surface area contributed by atoms with Gasteiger partial charge in [0.25, 0.3) is 0 Å². The van der Waals surface area contributed by atoms with Gasteiger partial charge in [-0.1, -0.05) is 6.92 Å². The van der Waals surface area contributed by atoms with Crippen molar-refractivity contribution < 1.29 is 16.8 Å². The van der Waals surface area contributed by atoms with Crippen LogP contribution < -0.4 is 0 Å². The summed E-state index contributed by atoms with van der Waals surface area (Å²) in [6.45, 7) is 5.73. The van der Waals surface area contributed by atoms with Crippen LogP contribution >= 0.6 is 0 Å². The Morgan fingerprint density at radius 3 is 1.74 bits per heavy atom. The van der Waals surface area contributed by atoms with Gasteiger partial charge in [0.2, 0.25) is 10.0 Å². The van der Waals surface area contributed by atoms with E-state index in [1.165, 1.54) is 28.6 Å². The summed E-state index contributed by atoms with van der Waals surface area (Å²) >= 11 is 0. The third-order valence-corrected chi connectivity index (χ3v) is 6.04. The Morgan fingerprint density at radius 1 is 1.00 bits per heavy atom. The number of rotatable bonds is 5. The molecule has 0 spiro atoms. The molecule has 19 heavy (non-hydrogen) atoms. The van der Waals surface area contributed by atoms with Gasteiger partial charge in [0, 0.05) is 18.8 Å². The van der Waals surface area contributed by atoms with E-state index in [4.69, 9.17) is 0 Å². The number of hydrogen-bond donors (Lipinski definition) is 0. The summed E-state index contributed by atoms with van der Waals surface area (Å²) in [5.41, 5.74) is 0. The van der Waals surface area contributed by atoms with Crippen LogP contribution in [0.2, 0.25) is 0 Å². The maximum atomic E-state index is 12.3. The van der Waals surface area contributed by atoms with Crippen molar-refractivity contribution in [2.45, 2.75) is 36.6 Å². The van der Waals surface area contributed by atoms with Crippen LogP contribution in [0.1, 0.15) is 20.8 Å². The standard InChI is InChI=1S/C12H19NO4S2/c1-5-13(10(2)3)19(16,17)12-8-6-11(7-9-12)18(4,14)15/h6-10H,5H2,1-4H3. The van der Waals surface area contributed by atoms with Gasteiger partial charge < -0.3 is 0 Å². The summed E-state index contributed by atoms with van der Waals surface area (Å²) in [5.74, 6) is 0. The summed E-state index contributed by atoms with van der Waals surface area (Å²) in [6, 6.07) is 5.14. The zero-order valence-electron chi connectivity index (χ0n) is 11.5. The number of sulfonamides is 1. The van der Waals surface area contributed by atoms with Gasteiger partial charge >= 0.3 is 0 Å². The van der Waals surface area contributed by atoms with Crippen molar-refractivity contribution in [3.63, 3.8) is 0 Å². The Hall–Kier alpha value is -0.920. The molecule has 7 heteroatoms. The van der Waals surface area contributed by atoms with Crippen molar-refractivity contribution in [2.24, 2.45) is 0 Å². The molecule has 0 aliphatic heterocycles. The first-order valence-electron chi connectivity index (χ1n) is 5.92. The van der Waals surface area contributed by atoms with Crippen LogP contribution in [-0.4, -0.2) is 40.0 Å². The third-order valence-electron chi connectivity index (χ3n) is 2.75. The number of sulfone groups is 1. The zero-order chi connectivity index (χ0) is 14.8. The van der Waals surface area contributed by atoms with Gasteiger partial charge in [0.15, 0.2) is 9.84 Å². The number of benzene rings is 1. The third kappa shape index (κ3) is 3.55. The topological polar surface area (TPSA) is 71.5 Å². The van der Waals surface area contributed by atoms with Gasteiger partial charge in [-0.05, 0) is 38.1 Å². The van der Waals surface area contributed by atoms with Gasteiger partial charge in [-0.25, -0.2) is 16.8 Å². The van der Waals surface area contributed by atoms with Gasteiger partial charge in [-0.15, -0.1) is 0 Å². The van der Waals surface area contributed by atoms with E-state index in [9.17, 15) is 16.8 Å². The van der Waals surface area contributed by atoms with Crippen molar-refractivity contribution in [2.75, 3.05) is 12.8 Å². The van der Waals surface area contributed by atoms with E-state index < -0.39 is 19.9 Å². The molecule has 0 heterocycles. The summed E-state index contributed by atoms with van der Waals surface area (Å²) in [4.78, 5) is 0.217. The lowest BCUT2D eigenvalue weighted by atomic mass is 10.4. The van der Waals surface area contributed by atoms with Crippen molar-refractivity contribution in [3.8, 4) is 0 Å². The van der Waals surface area contributed by atoms with E-state index in [1.807, 2.05) is 0 Å². The molecule has 5 nitrogen and oxygen atoms in total. The molecule has 0 fully saturated rings. The minimum absolute atomic E-state index is 0.107. The molecule has 0 aliphatic rings. The fraction of sp³-hybridized carbons (Fsp3) is 0.500. The first kappa shape index (κ1) is 16.1. The van der Waals surface area contributed by atoms with E-state index in [1.54, 1.807) is 20.8 Å². The average Bonchev–Trinajstić information content (AvgIpc) is 2.28. The van der Waals surface area contributed by atoms with Crippen molar-refractivity contribution in [1.82, 2.24) is 4.31 Å². The average molecular weight is 305 g/mol. The Labute approximate surface area is 115 Å². The van der Waals surface area contributed by atoms with E-state index in [0.717, 1.165) is 6.26 Å². The maximum Gasteiger partial charge on any atom is 0.243 e. The second-order valence-electron chi connectivity index (χ2n) is 4.55. The van der Waals surface area contributed by atoms with E-state index in [2.05, 4.69) is 0 Å². The Balaban J connectivity index is 3.24. The van der Waals surface area contributed by atoms with Crippen molar-refractivity contribution in [3.05, 3.63) is 24.3 Å². The minimum Gasteiger partial charge on any atom is -0.224 e. The van der Waals surface area contributed by atoms with Crippen LogP contribution in [0.3, 0.4) is 0 Å². The van der Waals surface area contributed by atoms with Crippen LogP contribution in [0.4, 0.5) is 0 Å². The number of nitrogens with zero attached hydrogens (tertiary/aromatic N) is 1. The predicted octanol–water partition coefficient (Wildman–Crippen LogP) is 1.51. The van der Waals surface area contributed by atoms with Crippen molar-refractivity contribution >= 4 is 19.9 Å². The van der Waals surface area contributed by atoms with Crippen LogP contribution in [0.5, 0.6) is 0 Å². The fourth-order valence-corrected chi connectivity index (χ4v) is 4.08. The first-order chi connectivity index (χ1) is 8.60. The number of hydrogen-bond acceptors (Lipinski definition) is 4.